The molecule has 19 heavy (non-hydrogen) atoms. The van der Waals surface area contributed by atoms with Crippen molar-refractivity contribution in [2.24, 2.45) is 7.05 Å². The summed E-state index contributed by atoms with van der Waals surface area (Å²) in [6, 6.07) is 5.39. The van der Waals surface area contributed by atoms with Crippen molar-refractivity contribution in [2.75, 3.05) is 0 Å². The number of Topliss-reactive ketones (excluding diaryl/α,β-unsaturated/α-hetero) is 1. The summed E-state index contributed by atoms with van der Waals surface area (Å²) in [5.41, 5.74) is 3.37. The predicted octanol–water partition coefficient (Wildman–Crippen LogP) is 3.88. The summed E-state index contributed by atoms with van der Waals surface area (Å²) in [5.74, 6) is 0.0364. The molecule has 0 aliphatic heterocycles. The Morgan fingerprint density at radius 2 is 2.05 bits per heavy atom. The van der Waals surface area contributed by atoms with Gasteiger partial charge in [-0.1, -0.05) is 11.6 Å². The van der Waals surface area contributed by atoms with E-state index in [1.165, 1.54) is 0 Å². The maximum atomic E-state index is 12.3. The molecule has 0 atom stereocenters. The van der Waals surface area contributed by atoms with Gasteiger partial charge in [-0.25, -0.2) is 0 Å². The van der Waals surface area contributed by atoms with Gasteiger partial charge in [-0.15, -0.1) is 0 Å². The first-order valence-corrected chi connectivity index (χ1v) is 7.04. The summed E-state index contributed by atoms with van der Waals surface area (Å²) in [7, 11) is 1.84. The number of nitrogens with zero attached hydrogens (tertiary/aromatic N) is 2. The van der Waals surface area contributed by atoms with Crippen molar-refractivity contribution in [1.82, 2.24) is 9.78 Å². The van der Waals surface area contributed by atoms with Crippen molar-refractivity contribution in [3.05, 3.63) is 50.2 Å². The van der Waals surface area contributed by atoms with Gasteiger partial charge < -0.3 is 0 Å². The SMILES string of the molecule is Cc1cc(Cl)cc(C(=O)Cc2c(Br)c(C)nn2C)c1. The van der Waals surface area contributed by atoms with E-state index in [4.69, 9.17) is 11.6 Å². The van der Waals surface area contributed by atoms with Crippen LogP contribution in [-0.2, 0) is 13.5 Å². The summed E-state index contributed by atoms with van der Waals surface area (Å²) in [6.45, 7) is 3.83. The highest BCUT2D eigenvalue weighted by Gasteiger charge is 2.16. The number of carbonyl (C=O) groups excluding carboxylic acids is 1. The molecule has 1 heterocycles. The molecule has 3 nitrogen and oxygen atoms in total. The van der Waals surface area contributed by atoms with Crippen molar-refractivity contribution < 1.29 is 4.79 Å². The first kappa shape index (κ1) is 14.3. The Morgan fingerprint density at radius 3 is 2.58 bits per heavy atom. The topological polar surface area (TPSA) is 34.9 Å². The van der Waals surface area contributed by atoms with Crippen molar-refractivity contribution in [3.63, 3.8) is 0 Å². The van der Waals surface area contributed by atoms with Crippen LogP contribution in [0.5, 0.6) is 0 Å². The third-order valence-electron chi connectivity index (χ3n) is 2.95. The van der Waals surface area contributed by atoms with E-state index in [2.05, 4.69) is 21.0 Å². The van der Waals surface area contributed by atoms with Gasteiger partial charge in [0.15, 0.2) is 5.78 Å². The second-order valence-electron chi connectivity index (χ2n) is 4.59. The molecule has 0 unspecified atom stereocenters. The van der Waals surface area contributed by atoms with Crippen LogP contribution in [0, 0.1) is 13.8 Å². The van der Waals surface area contributed by atoms with Crippen molar-refractivity contribution >= 4 is 33.3 Å². The Labute approximate surface area is 125 Å². The smallest absolute Gasteiger partial charge is 0.168 e. The lowest BCUT2D eigenvalue weighted by molar-refractivity contribution is 0.0990. The third-order valence-corrected chi connectivity index (χ3v) is 4.20. The molecule has 5 heteroatoms. The molecule has 0 radical (unpaired) electrons. The lowest BCUT2D eigenvalue weighted by Crippen LogP contribution is -2.08. The number of rotatable bonds is 3. The zero-order valence-corrected chi connectivity index (χ0v) is 13.3. The molecule has 1 aromatic heterocycles. The summed E-state index contributed by atoms with van der Waals surface area (Å²) in [5, 5.41) is 4.87. The highest BCUT2D eigenvalue weighted by atomic mass is 79.9. The molecule has 0 aliphatic rings. The Hall–Kier alpha value is -1.13. The van der Waals surface area contributed by atoms with Crippen LogP contribution in [0.2, 0.25) is 5.02 Å². The number of hydrogen-bond acceptors (Lipinski definition) is 2. The lowest BCUT2D eigenvalue weighted by atomic mass is 10.0. The third kappa shape index (κ3) is 3.07. The molecule has 2 rings (SSSR count). The molecular weight excluding hydrogens is 328 g/mol. The van der Waals surface area contributed by atoms with E-state index in [1.807, 2.05) is 33.0 Å². The monoisotopic (exact) mass is 340 g/mol. The van der Waals surface area contributed by atoms with Crippen molar-refractivity contribution in [3.8, 4) is 0 Å². The van der Waals surface area contributed by atoms with Gasteiger partial charge in [0.05, 0.1) is 22.3 Å². The number of aromatic nitrogens is 2. The van der Waals surface area contributed by atoms with Crippen LogP contribution in [-0.4, -0.2) is 15.6 Å². The molecular formula is C14H14BrClN2O. The van der Waals surface area contributed by atoms with Crippen molar-refractivity contribution in [2.45, 2.75) is 20.3 Å². The predicted molar refractivity (Wildman–Crippen MR) is 79.9 cm³/mol. The average molecular weight is 342 g/mol. The van der Waals surface area contributed by atoms with Gasteiger partial charge in [0.1, 0.15) is 0 Å². The first-order valence-electron chi connectivity index (χ1n) is 5.87. The van der Waals surface area contributed by atoms with Gasteiger partial charge in [-0.05, 0) is 53.5 Å². The van der Waals surface area contributed by atoms with E-state index in [0.717, 1.165) is 21.4 Å². The van der Waals surface area contributed by atoms with Crippen molar-refractivity contribution in [1.29, 1.82) is 0 Å². The van der Waals surface area contributed by atoms with Crippen LogP contribution in [0.25, 0.3) is 0 Å². The maximum Gasteiger partial charge on any atom is 0.168 e. The van der Waals surface area contributed by atoms with Crippen LogP contribution in [0.4, 0.5) is 0 Å². The summed E-state index contributed by atoms with van der Waals surface area (Å²) in [6.07, 6.45) is 0.303. The number of aryl methyl sites for hydroxylation is 3. The second kappa shape index (κ2) is 5.47. The summed E-state index contributed by atoms with van der Waals surface area (Å²) >= 11 is 9.45. The van der Waals surface area contributed by atoms with Crippen LogP contribution in [0.15, 0.2) is 22.7 Å². The van der Waals surface area contributed by atoms with Gasteiger partial charge in [0.25, 0.3) is 0 Å². The van der Waals surface area contributed by atoms with Crippen LogP contribution in [0.3, 0.4) is 0 Å². The minimum Gasteiger partial charge on any atom is -0.294 e. The number of ketones is 1. The Bertz CT molecular complexity index is 629. The highest BCUT2D eigenvalue weighted by Crippen LogP contribution is 2.23. The fourth-order valence-electron chi connectivity index (χ4n) is 2.02. The molecule has 0 fully saturated rings. The largest absolute Gasteiger partial charge is 0.294 e. The second-order valence-corrected chi connectivity index (χ2v) is 5.82. The molecule has 0 spiro atoms. The van der Waals surface area contributed by atoms with E-state index in [-0.39, 0.29) is 5.78 Å². The zero-order chi connectivity index (χ0) is 14.2. The van der Waals surface area contributed by atoms with Gasteiger partial charge in [-0.2, -0.15) is 5.10 Å². The summed E-state index contributed by atoms with van der Waals surface area (Å²) in [4.78, 5) is 12.3. The minimum atomic E-state index is 0.0364. The number of hydrogen-bond donors (Lipinski definition) is 0. The van der Waals surface area contributed by atoms with Gasteiger partial charge in [-0.3, -0.25) is 9.48 Å². The molecule has 0 bridgehead atoms. The molecule has 2 aromatic rings. The van der Waals surface area contributed by atoms with E-state index in [0.29, 0.717) is 17.0 Å². The molecule has 0 saturated heterocycles. The van der Waals surface area contributed by atoms with Crippen LogP contribution in [0.1, 0.15) is 27.3 Å². The van der Waals surface area contributed by atoms with Crippen LogP contribution < -0.4 is 0 Å². The van der Waals surface area contributed by atoms with E-state index < -0.39 is 0 Å². The number of halogens is 2. The molecule has 0 N–H and O–H groups in total. The Morgan fingerprint density at radius 1 is 1.37 bits per heavy atom. The number of carbonyl (C=O) groups is 1. The lowest BCUT2D eigenvalue weighted by Gasteiger charge is -2.05. The van der Waals surface area contributed by atoms with Gasteiger partial charge in [0.2, 0.25) is 0 Å². The molecule has 1 aromatic carbocycles. The standard InChI is InChI=1S/C14H14BrClN2O/c1-8-4-10(6-11(16)5-8)13(19)7-12-14(15)9(2)17-18(12)3/h4-6H,7H2,1-3H3. The fourth-order valence-corrected chi connectivity index (χ4v) is 2.79. The zero-order valence-electron chi connectivity index (χ0n) is 11.0. The minimum absolute atomic E-state index is 0.0364. The molecule has 0 amide bonds. The maximum absolute atomic E-state index is 12.3. The molecule has 0 aliphatic carbocycles. The first-order chi connectivity index (χ1) is 8.88. The number of benzene rings is 1. The Kier molecular flexibility index (Phi) is 4.11. The normalized spacial score (nSPS) is 10.8. The molecule has 100 valence electrons. The quantitative estimate of drug-likeness (QED) is 0.794. The van der Waals surface area contributed by atoms with E-state index in [9.17, 15) is 4.79 Å². The van der Waals surface area contributed by atoms with E-state index >= 15 is 0 Å². The van der Waals surface area contributed by atoms with Crippen LogP contribution >= 0.6 is 27.5 Å². The molecule has 0 saturated carbocycles. The highest BCUT2D eigenvalue weighted by molar-refractivity contribution is 9.10. The fraction of sp³-hybridized carbons (Fsp3) is 0.286. The summed E-state index contributed by atoms with van der Waals surface area (Å²) < 4.78 is 2.62. The van der Waals surface area contributed by atoms with Gasteiger partial charge in [0, 0.05) is 17.6 Å². The Balaban J connectivity index is 2.30. The van der Waals surface area contributed by atoms with Gasteiger partial charge >= 0.3 is 0 Å². The average Bonchev–Trinajstić information content (AvgIpc) is 2.54. The van der Waals surface area contributed by atoms with E-state index in [1.54, 1.807) is 10.7 Å².